The minimum Gasteiger partial charge on any atom is -0.493 e. The fourth-order valence-corrected chi connectivity index (χ4v) is 2.68. The Labute approximate surface area is 109 Å². The molecular weight excluding hydrogens is 224 g/mol. The van der Waals surface area contributed by atoms with Crippen LogP contribution in [0.25, 0.3) is 0 Å². The molecule has 0 saturated heterocycles. The molecule has 0 N–H and O–H groups in total. The van der Waals surface area contributed by atoms with E-state index in [9.17, 15) is 4.79 Å². The average Bonchev–Trinajstić information content (AvgIpc) is 2.84. The van der Waals surface area contributed by atoms with Crippen molar-refractivity contribution in [3.63, 3.8) is 0 Å². The first-order chi connectivity index (χ1) is 8.66. The molecule has 0 radical (unpaired) electrons. The van der Waals surface area contributed by atoms with Gasteiger partial charge in [-0.25, -0.2) is 0 Å². The van der Waals surface area contributed by atoms with Gasteiger partial charge in [-0.3, -0.25) is 4.79 Å². The van der Waals surface area contributed by atoms with E-state index in [0.29, 0.717) is 5.56 Å². The first kappa shape index (κ1) is 13.1. The Kier molecular flexibility index (Phi) is 4.40. The van der Waals surface area contributed by atoms with Gasteiger partial charge in [-0.05, 0) is 38.3 Å². The second-order valence-electron chi connectivity index (χ2n) is 5.34. The van der Waals surface area contributed by atoms with Crippen molar-refractivity contribution in [1.29, 1.82) is 0 Å². The summed E-state index contributed by atoms with van der Waals surface area (Å²) in [6, 6.07) is 5.82. The number of aryl methyl sites for hydroxylation is 1. The van der Waals surface area contributed by atoms with E-state index in [0.717, 1.165) is 30.3 Å². The van der Waals surface area contributed by atoms with Gasteiger partial charge in [0.25, 0.3) is 0 Å². The third-order valence-electron chi connectivity index (χ3n) is 3.77. The lowest BCUT2D eigenvalue weighted by Crippen LogP contribution is -2.06. The van der Waals surface area contributed by atoms with Crippen molar-refractivity contribution in [3.05, 3.63) is 29.3 Å². The molecule has 98 valence electrons. The Morgan fingerprint density at radius 1 is 1.33 bits per heavy atom. The van der Waals surface area contributed by atoms with Crippen molar-refractivity contribution >= 4 is 5.78 Å². The highest BCUT2D eigenvalue weighted by atomic mass is 16.5. The Hall–Kier alpha value is -1.31. The van der Waals surface area contributed by atoms with Gasteiger partial charge in [0.2, 0.25) is 0 Å². The molecule has 0 amide bonds. The normalized spacial score (nSPS) is 15.9. The first-order valence-corrected chi connectivity index (χ1v) is 6.91. The van der Waals surface area contributed by atoms with Gasteiger partial charge in [0.05, 0.1) is 12.2 Å². The predicted octanol–water partition coefficient (Wildman–Crippen LogP) is 4.16. The molecule has 0 atom stereocenters. The average molecular weight is 246 g/mol. The fourth-order valence-electron chi connectivity index (χ4n) is 2.68. The van der Waals surface area contributed by atoms with Crippen molar-refractivity contribution in [3.8, 4) is 5.75 Å². The number of carbonyl (C=O) groups excluding carboxylic acids is 1. The summed E-state index contributed by atoms with van der Waals surface area (Å²) in [6.45, 7) is 4.32. The van der Waals surface area contributed by atoms with Crippen LogP contribution >= 0.6 is 0 Å². The summed E-state index contributed by atoms with van der Waals surface area (Å²) in [7, 11) is 0. The Balaban J connectivity index is 1.93. The number of rotatable bonds is 5. The Bertz CT molecular complexity index is 417. The molecule has 0 aliphatic heterocycles. The largest absolute Gasteiger partial charge is 0.493 e. The van der Waals surface area contributed by atoms with Crippen molar-refractivity contribution in [2.75, 3.05) is 6.61 Å². The van der Waals surface area contributed by atoms with Crippen LogP contribution in [0, 0.1) is 12.8 Å². The summed E-state index contributed by atoms with van der Waals surface area (Å²) in [5.41, 5.74) is 1.81. The minimum atomic E-state index is 0.0783. The number of carbonyl (C=O) groups is 1. The number of ketones is 1. The monoisotopic (exact) mass is 246 g/mol. The number of hydrogen-bond donors (Lipinski definition) is 0. The lowest BCUT2D eigenvalue weighted by atomic mass is 10.0. The molecule has 2 nitrogen and oxygen atoms in total. The van der Waals surface area contributed by atoms with Crippen LogP contribution in [0.3, 0.4) is 0 Å². The van der Waals surface area contributed by atoms with Crippen molar-refractivity contribution in [2.24, 2.45) is 5.92 Å². The molecule has 2 rings (SSSR count). The Morgan fingerprint density at radius 2 is 2.06 bits per heavy atom. The van der Waals surface area contributed by atoms with E-state index >= 15 is 0 Å². The van der Waals surface area contributed by atoms with Gasteiger partial charge in [-0.1, -0.05) is 37.3 Å². The summed E-state index contributed by atoms with van der Waals surface area (Å²) in [6.07, 6.45) is 6.54. The van der Waals surface area contributed by atoms with Crippen molar-refractivity contribution in [2.45, 2.75) is 46.0 Å². The van der Waals surface area contributed by atoms with E-state index < -0.39 is 0 Å². The van der Waals surface area contributed by atoms with Crippen LogP contribution in [0.1, 0.15) is 54.9 Å². The number of hydrogen-bond acceptors (Lipinski definition) is 2. The minimum absolute atomic E-state index is 0.0783. The second kappa shape index (κ2) is 6.03. The third kappa shape index (κ3) is 3.34. The molecule has 0 spiro atoms. The van der Waals surface area contributed by atoms with Gasteiger partial charge in [-0.15, -0.1) is 0 Å². The highest BCUT2D eigenvalue weighted by Crippen LogP contribution is 2.28. The van der Waals surface area contributed by atoms with Crippen LogP contribution in [0.2, 0.25) is 0 Å². The van der Waals surface area contributed by atoms with E-state index in [1.165, 1.54) is 25.7 Å². The summed E-state index contributed by atoms with van der Waals surface area (Å²) in [4.78, 5) is 11.6. The SMILES string of the molecule is CC(=O)c1cc(C)ccc1OCCC1CCCC1. The third-order valence-corrected chi connectivity index (χ3v) is 3.77. The number of benzene rings is 1. The Morgan fingerprint density at radius 3 is 2.72 bits per heavy atom. The molecule has 0 aromatic heterocycles. The summed E-state index contributed by atoms with van der Waals surface area (Å²) in [5, 5.41) is 0. The summed E-state index contributed by atoms with van der Waals surface area (Å²) in [5.74, 6) is 1.65. The van der Waals surface area contributed by atoms with Crippen LogP contribution in [-0.2, 0) is 0 Å². The zero-order valence-corrected chi connectivity index (χ0v) is 11.4. The highest BCUT2D eigenvalue weighted by Gasteiger charge is 2.15. The van der Waals surface area contributed by atoms with E-state index in [2.05, 4.69) is 0 Å². The molecule has 0 bridgehead atoms. The van der Waals surface area contributed by atoms with E-state index in [-0.39, 0.29) is 5.78 Å². The van der Waals surface area contributed by atoms with Gasteiger partial charge in [0, 0.05) is 0 Å². The number of ether oxygens (including phenoxy) is 1. The molecular formula is C16H22O2. The standard InChI is InChI=1S/C16H22O2/c1-12-7-8-16(15(11-12)13(2)17)18-10-9-14-5-3-4-6-14/h7-8,11,14H,3-6,9-10H2,1-2H3. The van der Waals surface area contributed by atoms with Crippen LogP contribution in [0.15, 0.2) is 18.2 Å². The smallest absolute Gasteiger partial charge is 0.163 e. The van der Waals surface area contributed by atoms with Gasteiger partial charge >= 0.3 is 0 Å². The first-order valence-electron chi connectivity index (χ1n) is 6.91. The van der Waals surface area contributed by atoms with Gasteiger partial charge in [-0.2, -0.15) is 0 Å². The molecule has 18 heavy (non-hydrogen) atoms. The number of Topliss-reactive ketones (excluding diaryl/α,β-unsaturated/α-hetero) is 1. The van der Waals surface area contributed by atoms with E-state index in [1.807, 2.05) is 25.1 Å². The second-order valence-corrected chi connectivity index (χ2v) is 5.34. The molecule has 2 heteroatoms. The van der Waals surface area contributed by atoms with Crippen LogP contribution in [0.4, 0.5) is 0 Å². The maximum atomic E-state index is 11.6. The molecule has 0 unspecified atom stereocenters. The molecule has 1 aliphatic carbocycles. The zero-order valence-electron chi connectivity index (χ0n) is 11.4. The fraction of sp³-hybridized carbons (Fsp3) is 0.562. The van der Waals surface area contributed by atoms with Crippen LogP contribution < -0.4 is 4.74 Å². The summed E-state index contributed by atoms with van der Waals surface area (Å²) >= 11 is 0. The topological polar surface area (TPSA) is 26.3 Å². The molecule has 1 saturated carbocycles. The van der Waals surface area contributed by atoms with E-state index in [1.54, 1.807) is 6.92 Å². The lowest BCUT2D eigenvalue weighted by molar-refractivity contribution is 0.101. The molecule has 1 aliphatic rings. The van der Waals surface area contributed by atoms with Crippen molar-refractivity contribution < 1.29 is 9.53 Å². The van der Waals surface area contributed by atoms with Crippen molar-refractivity contribution in [1.82, 2.24) is 0 Å². The van der Waals surface area contributed by atoms with Crippen LogP contribution in [-0.4, -0.2) is 12.4 Å². The molecule has 0 heterocycles. The van der Waals surface area contributed by atoms with Gasteiger partial charge in [0.1, 0.15) is 5.75 Å². The van der Waals surface area contributed by atoms with Gasteiger partial charge < -0.3 is 4.74 Å². The zero-order chi connectivity index (χ0) is 13.0. The molecule has 1 aromatic rings. The lowest BCUT2D eigenvalue weighted by Gasteiger charge is -2.13. The molecule has 1 fully saturated rings. The predicted molar refractivity (Wildman–Crippen MR) is 73.3 cm³/mol. The summed E-state index contributed by atoms with van der Waals surface area (Å²) < 4.78 is 5.79. The highest BCUT2D eigenvalue weighted by molar-refractivity contribution is 5.97. The molecule has 1 aromatic carbocycles. The van der Waals surface area contributed by atoms with E-state index in [4.69, 9.17) is 4.74 Å². The maximum absolute atomic E-state index is 11.6. The van der Waals surface area contributed by atoms with Crippen LogP contribution in [0.5, 0.6) is 5.75 Å². The maximum Gasteiger partial charge on any atom is 0.163 e. The van der Waals surface area contributed by atoms with Gasteiger partial charge in [0.15, 0.2) is 5.78 Å². The quantitative estimate of drug-likeness (QED) is 0.729.